The lowest BCUT2D eigenvalue weighted by molar-refractivity contribution is -0.121. The standard InChI is InChI=1S/C24H22ClFN2O3/c1-31-22-11-9-19(17-6-2-3-7-18(17)22)24(30)28-12-4-5-15(14-28)23(29)27-21-13-16(25)8-10-20(21)26/h2-3,6-11,13,15H,4-5,12,14H2,1H3,(H,27,29)/t15-/m0/s1. The summed E-state index contributed by atoms with van der Waals surface area (Å²) in [4.78, 5) is 27.8. The largest absolute Gasteiger partial charge is 0.496 e. The van der Waals surface area contributed by atoms with Crippen molar-refractivity contribution < 1.29 is 18.7 Å². The molecule has 4 rings (SSSR count). The van der Waals surface area contributed by atoms with E-state index in [2.05, 4.69) is 5.32 Å². The fourth-order valence-electron chi connectivity index (χ4n) is 4.01. The number of benzene rings is 3. The van der Waals surface area contributed by atoms with Gasteiger partial charge in [-0.15, -0.1) is 0 Å². The number of nitrogens with one attached hydrogen (secondary N) is 1. The molecule has 1 aliphatic heterocycles. The molecule has 0 bridgehead atoms. The number of methoxy groups -OCH3 is 1. The summed E-state index contributed by atoms with van der Waals surface area (Å²) in [6.45, 7) is 0.835. The highest BCUT2D eigenvalue weighted by atomic mass is 35.5. The highest BCUT2D eigenvalue weighted by Crippen LogP contribution is 2.30. The smallest absolute Gasteiger partial charge is 0.254 e. The zero-order chi connectivity index (χ0) is 22.0. The molecule has 0 unspecified atom stereocenters. The maximum Gasteiger partial charge on any atom is 0.254 e. The minimum atomic E-state index is -0.550. The second kappa shape index (κ2) is 8.94. The van der Waals surface area contributed by atoms with Crippen LogP contribution < -0.4 is 10.1 Å². The molecule has 1 fully saturated rings. The van der Waals surface area contributed by atoms with Crippen molar-refractivity contribution in [3.8, 4) is 5.75 Å². The average molecular weight is 441 g/mol. The number of anilines is 1. The van der Waals surface area contributed by atoms with E-state index < -0.39 is 11.7 Å². The predicted molar refractivity (Wildman–Crippen MR) is 119 cm³/mol. The molecule has 1 heterocycles. The van der Waals surface area contributed by atoms with Crippen LogP contribution in [0.1, 0.15) is 23.2 Å². The molecule has 0 aromatic heterocycles. The molecule has 5 nitrogen and oxygen atoms in total. The summed E-state index contributed by atoms with van der Waals surface area (Å²) in [7, 11) is 1.60. The number of amides is 2. The molecule has 160 valence electrons. The van der Waals surface area contributed by atoms with Gasteiger partial charge in [-0.25, -0.2) is 4.39 Å². The van der Waals surface area contributed by atoms with E-state index in [1.165, 1.54) is 18.2 Å². The van der Waals surface area contributed by atoms with Crippen LogP contribution in [0.5, 0.6) is 5.75 Å². The van der Waals surface area contributed by atoms with E-state index in [4.69, 9.17) is 16.3 Å². The Morgan fingerprint density at radius 3 is 2.68 bits per heavy atom. The number of hydrogen-bond acceptors (Lipinski definition) is 3. The molecule has 7 heteroatoms. The summed E-state index contributed by atoms with van der Waals surface area (Å²) in [6.07, 6.45) is 1.32. The summed E-state index contributed by atoms with van der Waals surface area (Å²) in [5, 5.41) is 4.61. The van der Waals surface area contributed by atoms with Crippen molar-refractivity contribution in [2.75, 3.05) is 25.5 Å². The molecule has 1 N–H and O–H groups in total. The van der Waals surface area contributed by atoms with Crippen LogP contribution in [0.2, 0.25) is 5.02 Å². The predicted octanol–water partition coefficient (Wildman–Crippen LogP) is 5.13. The number of ether oxygens (including phenoxy) is 1. The van der Waals surface area contributed by atoms with Crippen LogP contribution in [-0.4, -0.2) is 36.9 Å². The van der Waals surface area contributed by atoms with Crippen molar-refractivity contribution >= 4 is 39.9 Å². The molecule has 1 atom stereocenters. The third kappa shape index (κ3) is 4.35. The van der Waals surface area contributed by atoms with Gasteiger partial charge in [0.1, 0.15) is 11.6 Å². The number of nitrogens with zero attached hydrogens (tertiary/aromatic N) is 1. The number of halogens is 2. The van der Waals surface area contributed by atoms with Crippen LogP contribution in [-0.2, 0) is 4.79 Å². The van der Waals surface area contributed by atoms with Gasteiger partial charge in [-0.3, -0.25) is 9.59 Å². The van der Waals surface area contributed by atoms with Gasteiger partial charge in [0.15, 0.2) is 0 Å². The summed E-state index contributed by atoms with van der Waals surface area (Å²) in [5.74, 6) is -0.734. The Morgan fingerprint density at radius 1 is 1.13 bits per heavy atom. The first-order valence-corrected chi connectivity index (χ1v) is 10.5. The van der Waals surface area contributed by atoms with E-state index >= 15 is 0 Å². The third-order valence-electron chi connectivity index (χ3n) is 5.60. The van der Waals surface area contributed by atoms with Crippen molar-refractivity contribution in [1.29, 1.82) is 0 Å². The highest BCUT2D eigenvalue weighted by molar-refractivity contribution is 6.30. The molecule has 3 aromatic carbocycles. The number of piperidine rings is 1. The van der Waals surface area contributed by atoms with Crippen LogP contribution in [0.25, 0.3) is 10.8 Å². The second-order valence-corrected chi connectivity index (χ2v) is 8.00. The van der Waals surface area contributed by atoms with E-state index in [-0.39, 0.29) is 24.0 Å². The molecule has 0 saturated carbocycles. The van der Waals surface area contributed by atoms with Gasteiger partial charge in [-0.05, 0) is 48.6 Å². The molecule has 0 aliphatic carbocycles. The molecule has 0 radical (unpaired) electrons. The monoisotopic (exact) mass is 440 g/mol. The van der Waals surface area contributed by atoms with Crippen LogP contribution >= 0.6 is 11.6 Å². The minimum absolute atomic E-state index is 0.0436. The summed E-state index contributed by atoms with van der Waals surface area (Å²) < 4.78 is 19.4. The van der Waals surface area contributed by atoms with E-state index in [0.29, 0.717) is 35.7 Å². The topological polar surface area (TPSA) is 58.6 Å². The number of carbonyl (C=O) groups excluding carboxylic acids is 2. The first-order valence-electron chi connectivity index (χ1n) is 10.1. The van der Waals surface area contributed by atoms with Gasteiger partial charge in [-0.2, -0.15) is 0 Å². The van der Waals surface area contributed by atoms with Crippen molar-refractivity contribution in [2.45, 2.75) is 12.8 Å². The van der Waals surface area contributed by atoms with Crippen LogP contribution in [0.15, 0.2) is 54.6 Å². The maximum absolute atomic E-state index is 14.0. The number of carbonyl (C=O) groups is 2. The third-order valence-corrected chi connectivity index (χ3v) is 5.84. The van der Waals surface area contributed by atoms with Gasteiger partial charge in [0, 0.05) is 29.1 Å². The lowest BCUT2D eigenvalue weighted by Crippen LogP contribution is -2.43. The average Bonchev–Trinajstić information content (AvgIpc) is 2.80. The number of hydrogen-bond donors (Lipinski definition) is 1. The summed E-state index contributed by atoms with van der Waals surface area (Å²) in [6, 6.07) is 15.1. The Balaban J connectivity index is 1.54. The van der Waals surface area contributed by atoms with Crippen molar-refractivity contribution in [3.63, 3.8) is 0 Å². The Bertz CT molecular complexity index is 1150. The lowest BCUT2D eigenvalue weighted by atomic mass is 9.95. The van der Waals surface area contributed by atoms with Crippen molar-refractivity contribution in [2.24, 2.45) is 5.92 Å². The maximum atomic E-state index is 14.0. The molecule has 3 aromatic rings. The summed E-state index contributed by atoms with van der Waals surface area (Å²) in [5.41, 5.74) is 0.612. The van der Waals surface area contributed by atoms with E-state index in [1.54, 1.807) is 24.1 Å². The van der Waals surface area contributed by atoms with Crippen molar-refractivity contribution in [1.82, 2.24) is 4.90 Å². The van der Waals surface area contributed by atoms with E-state index in [0.717, 1.165) is 10.8 Å². The zero-order valence-electron chi connectivity index (χ0n) is 17.0. The summed E-state index contributed by atoms with van der Waals surface area (Å²) >= 11 is 5.91. The van der Waals surface area contributed by atoms with Crippen LogP contribution in [0.4, 0.5) is 10.1 Å². The Kier molecular flexibility index (Phi) is 6.09. The SMILES string of the molecule is COc1ccc(C(=O)N2CCC[C@H](C(=O)Nc3cc(Cl)ccc3F)C2)c2ccccc12. The number of fused-ring (bicyclic) bond motifs is 1. The Morgan fingerprint density at radius 2 is 1.90 bits per heavy atom. The van der Waals surface area contributed by atoms with Crippen molar-refractivity contribution in [3.05, 3.63) is 71.0 Å². The molecule has 1 aliphatic rings. The number of rotatable bonds is 4. The van der Waals surface area contributed by atoms with Gasteiger partial charge in [0.05, 0.1) is 18.7 Å². The zero-order valence-corrected chi connectivity index (χ0v) is 17.8. The van der Waals surface area contributed by atoms with Gasteiger partial charge in [-0.1, -0.05) is 35.9 Å². The minimum Gasteiger partial charge on any atom is -0.496 e. The Hall–Kier alpha value is -3.12. The highest BCUT2D eigenvalue weighted by Gasteiger charge is 2.30. The lowest BCUT2D eigenvalue weighted by Gasteiger charge is -2.32. The fourth-order valence-corrected chi connectivity index (χ4v) is 4.18. The van der Waals surface area contributed by atoms with Gasteiger partial charge < -0.3 is 15.0 Å². The van der Waals surface area contributed by atoms with Gasteiger partial charge in [0.2, 0.25) is 5.91 Å². The molecule has 31 heavy (non-hydrogen) atoms. The van der Waals surface area contributed by atoms with Crippen LogP contribution in [0, 0.1) is 11.7 Å². The quantitative estimate of drug-likeness (QED) is 0.611. The van der Waals surface area contributed by atoms with Crippen LogP contribution in [0.3, 0.4) is 0 Å². The van der Waals surface area contributed by atoms with E-state index in [9.17, 15) is 14.0 Å². The first-order chi connectivity index (χ1) is 15.0. The van der Waals surface area contributed by atoms with Gasteiger partial charge in [0.25, 0.3) is 5.91 Å². The molecular weight excluding hydrogens is 419 g/mol. The fraction of sp³-hybridized carbons (Fsp3) is 0.250. The second-order valence-electron chi connectivity index (χ2n) is 7.56. The molecule has 1 saturated heterocycles. The normalized spacial score (nSPS) is 16.2. The molecule has 0 spiro atoms. The van der Waals surface area contributed by atoms with Gasteiger partial charge >= 0.3 is 0 Å². The molecular formula is C24H22ClFN2O3. The molecule has 2 amide bonds. The van der Waals surface area contributed by atoms with E-state index in [1.807, 2.05) is 24.3 Å². The number of likely N-dealkylation sites (tertiary alicyclic amines) is 1. The first kappa shape index (κ1) is 21.1. The Labute approximate surface area is 184 Å².